The monoisotopic (exact) mass is 261 g/mol. The van der Waals surface area contributed by atoms with E-state index in [0.29, 0.717) is 18.0 Å². The summed E-state index contributed by atoms with van der Waals surface area (Å²) in [4.78, 5) is 6.17. The van der Waals surface area contributed by atoms with Crippen molar-refractivity contribution < 1.29 is 4.74 Å². The van der Waals surface area contributed by atoms with E-state index in [1.54, 1.807) is 4.68 Å². The van der Waals surface area contributed by atoms with E-state index in [0.717, 1.165) is 18.1 Å². The number of hydrogen-bond acceptors (Lipinski definition) is 5. The molecular formula is C13H19N5O. The van der Waals surface area contributed by atoms with Crippen molar-refractivity contribution in [3.63, 3.8) is 0 Å². The third kappa shape index (κ3) is 2.96. The van der Waals surface area contributed by atoms with E-state index >= 15 is 0 Å². The Balaban J connectivity index is 2.13. The zero-order chi connectivity index (χ0) is 13.8. The molecule has 2 N–H and O–H groups in total. The van der Waals surface area contributed by atoms with E-state index in [4.69, 9.17) is 10.5 Å². The molecule has 0 fully saturated rings. The lowest BCUT2D eigenvalue weighted by molar-refractivity contribution is 0.289. The van der Waals surface area contributed by atoms with E-state index in [1.165, 1.54) is 6.33 Å². The predicted octanol–water partition coefficient (Wildman–Crippen LogP) is 1.53. The number of aryl methyl sites for hydroxylation is 1. The molecule has 0 aliphatic rings. The summed E-state index contributed by atoms with van der Waals surface area (Å²) < 4.78 is 7.54. The molecule has 0 spiro atoms. The summed E-state index contributed by atoms with van der Waals surface area (Å²) >= 11 is 0. The van der Waals surface area contributed by atoms with Crippen LogP contribution in [0.25, 0.3) is 0 Å². The number of hydrogen-bond donors (Lipinski definition) is 1. The zero-order valence-corrected chi connectivity index (χ0v) is 11.5. The zero-order valence-electron chi connectivity index (χ0n) is 11.5. The largest absolute Gasteiger partial charge is 0.483 e. The highest BCUT2D eigenvalue weighted by Gasteiger charge is 2.07. The van der Waals surface area contributed by atoms with E-state index < -0.39 is 0 Å². The van der Waals surface area contributed by atoms with E-state index in [2.05, 4.69) is 10.1 Å². The average Bonchev–Trinajstić information content (AvgIpc) is 2.85. The van der Waals surface area contributed by atoms with Crippen molar-refractivity contribution in [2.75, 3.05) is 24.7 Å². The lowest BCUT2D eigenvalue weighted by Gasteiger charge is -2.15. The molecule has 6 nitrogen and oxygen atoms in total. The maximum absolute atomic E-state index is 5.91. The number of aromatic nitrogens is 3. The van der Waals surface area contributed by atoms with Gasteiger partial charge in [-0.3, -0.25) is 0 Å². The minimum absolute atomic E-state index is 0.356. The van der Waals surface area contributed by atoms with E-state index in [9.17, 15) is 0 Å². The van der Waals surface area contributed by atoms with Crippen molar-refractivity contribution in [3.8, 4) is 5.75 Å². The maximum atomic E-state index is 5.91. The Morgan fingerprint density at radius 3 is 2.84 bits per heavy atom. The Hall–Kier alpha value is -2.24. The smallest absolute Gasteiger partial charge is 0.164 e. The van der Waals surface area contributed by atoms with Gasteiger partial charge in [0.15, 0.2) is 5.82 Å². The molecule has 0 aliphatic carbocycles. The first-order valence-corrected chi connectivity index (χ1v) is 6.18. The lowest BCUT2D eigenvalue weighted by Crippen LogP contribution is -2.10. The molecule has 0 saturated heterocycles. The third-order valence-corrected chi connectivity index (χ3v) is 2.87. The minimum atomic E-state index is 0.356. The van der Waals surface area contributed by atoms with Crippen LogP contribution in [0.4, 0.5) is 11.4 Å². The summed E-state index contributed by atoms with van der Waals surface area (Å²) in [5.41, 5.74) is 7.57. The van der Waals surface area contributed by atoms with Crippen molar-refractivity contribution >= 4 is 11.4 Å². The summed E-state index contributed by atoms with van der Waals surface area (Å²) in [6.07, 6.45) is 1.53. The summed E-state index contributed by atoms with van der Waals surface area (Å²) in [5.74, 6) is 1.45. The first-order valence-electron chi connectivity index (χ1n) is 6.18. The number of ether oxygens (including phenoxy) is 1. The summed E-state index contributed by atoms with van der Waals surface area (Å²) in [6, 6.07) is 5.72. The van der Waals surface area contributed by atoms with Crippen molar-refractivity contribution in [3.05, 3.63) is 30.4 Å². The van der Waals surface area contributed by atoms with Crippen LogP contribution in [-0.4, -0.2) is 28.9 Å². The summed E-state index contributed by atoms with van der Waals surface area (Å²) in [6.45, 7) is 3.14. The van der Waals surface area contributed by atoms with Crippen LogP contribution < -0.4 is 15.4 Å². The van der Waals surface area contributed by atoms with Crippen LogP contribution in [0.3, 0.4) is 0 Å². The van der Waals surface area contributed by atoms with Crippen LogP contribution in [-0.2, 0) is 13.2 Å². The lowest BCUT2D eigenvalue weighted by atomic mass is 10.2. The fourth-order valence-electron chi connectivity index (χ4n) is 1.73. The standard InChI is InChI=1S/C13H19N5O/c1-4-18-13(15-9-16-18)8-19-12-7-10(17(2)3)5-6-11(12)14/h5-7,9H,4,8,14H2,1-3H3. The Morgan fingerprint density at radius 1 is 1.37 bits per heavy atom. The molecule has 0 aliphatic heterocycles. The Labute approximate surface area is 112 Å². The first kappa shape index (κ1) is 13.2. The summed E-state index contributed by atoms with van der Waals surface area (Å²) in [7, 11) is 3.95. The number of nitrogens with two attached hydrogens (primary N) is 1. The SMILES string of the molecule is CCn1ncnc1COc1cc(N(C)C)ccc1N. The molecule has 0 bridgehead atoms. The van der Waals surface area contributed by atoms with Crippen LogP contribution in [0, 0.1) is 0 Å². The van der Waals surface area contributed by atoms with Crippen molar-refractivity contribution in [1.82, 2.24) is 14.8 Å². The third-order valence-electron chi connectivity index (χ3n) is 2.87. The Bertz CT molecular complexity index is 550. The Kier molecular flexibility index (Phi) is 3.89. The fourth-order valence-corrected chi connectivity index (χ4v) is 1.73. The number of nitrogen functional groups attached to an aromatic ring is 1. The molecule has 1 aromatic carbocycles. The Morgan fingerprint density at radius 2 is 2.16 bits per heavy atom. The fraction of sp³-hybridized carbons (Fsp3) is 0.385. The van der Waals surface area contributed by atoms with Crippen LogP contribution in [0.5, 0.6) is 5.75 Å². The van der Waals surface area contributed by atoms with Gasteiger partial charge in [-0.15, -0.1) is 0 Å². The first-order chi connectivity index (χ1) is 9.11. The van der Waals surface area contributed by atoms with Gasteiger partial charge in [0.05, 0.1) is 5.69 Å². The second kappa shape index (κ2) is 5.60. The number of anilines is 2. The topological polar surface area (TPSA) is 69.2 Å². The van der Waals surface area contributed by atoms with Gasteiger partial charge in [0.1, 0.15) is 18.7 Å². The maximum Gasteiger partial charge on any atom is 0.164 e. The molecule has 0 saturated carbocycles. The van der Waals surface area contributed by atoms with Gasteiger partial charge in [-0.25, -0.2) is 9.67 Å². The molecule has 2 rings (SSSR count). The second-order valence-electron chi connectivity index (χ2n) is 4.40. The second-order valence-corrected chi connectivity index (χ2v) is 4.40. The average molecular weight is 261 g/mol. The minimum Gasteiger partial charge on any atom is -0.483 e. The van der Waals surface area contributed by atoms with Gasteiger partial charge in [0, 0.05) is 32.4 Å². The number of rotatable bonds is 5. The molecule has 1 aromatic heterocycles. The highest BCUT2D eigenvalue weighted by atomic mass is 16.5. The van der Waals surface area contributed by atoms with E-state index in [-0.39, 0.29) is 0 Å². The van der Waals surface area contributed by atoms with Gasteiger partial charge in [-0.2, -0.15) is 5.10 Å². The van der Waals surface area contributed by atoms with Gasteiger partial charge in [-0.1, -0.05) is 0 Å². The normalized spacial score (nSPS) is 10.5. The molecule has 19 heavy (non-hydrogen) atoms. The van der Waals surface area contributed by atoms with Gasteiger partial charge >= 0.3 is 0 Å². The molecule has 1 heterocycles. The van der Waals surface area contributed by atoms with Crippen molar-refractivity contribution in [2.45, 2.75) is 20.1 Å². The van der Waals surface area contributed by atoms with Gasteiger partial charge in [0.25, 0.3) is 0 Å². The molecule has 2 aromatic rings. The highest BCUT2D eigenvalue weighted by molar-refractivity contribution is 5.61. The van der Waals surface area contributed by atoms with Crippen LogP contribution in [0.15, 0.2) is 24.5 Å². The van der Waals surface area contributed by atoms with Crippen LogP contribution in [0.1, 0.15) is 12.7 Å². The van der Waals surface area contributed by atoms with E-state index in [1.807, 2.05) is 44.1 Å². The van der Waals surface area contributed by atoms with Crippen LogP contribution >= 0.6 is 0 Å². The molecule has 0 amide bonds. The molecule has 102 valence electrons. The predicted molar refractivity (Wildman–Crippen MR) is 75.2 cm³/mol. The van der Waals surface area contributed by atoms with Crippen molar-refractivity contribution in [1.29, 1.82) is 0 Å². The highest BCUT2D eigenvalue weighted by Crippen LogP contribution is 2.27. The van der Waals surface area contributed by atoms with Gasteiger partial charge in [-0.05, 0) is 19.1 Å². The quantitative estimate of drug-likeness (QED) is 0.826. The van der Waals surface area contributed by atoms with Crippen molar-refractivity contribution in [2.24, 2.45) is 0 Å². The van der Waals surface area contributed by atoms with Crippen LogP contribution in [0.2, 0.25) is 0 Å². The van der Waals surface area contributed by atoms with Gasteiger partial charge in [0.2, 0.25) is 0 Å². The molecule has 0 radical (unpaired) electrons. The molecule has 6 heteroatoms. The molecule has 0 unspecified atom stereocenters. The number of nitrogens with zero attached hydrogens (tertiary/aromatic N) is 4. The molecule has 0 atom stereocenters. The summed E-state index contributed by atoms with van der Waals surface area (Å²) in [5, 5.41) is 4.10. The molecular weight excluding hydrogens is 242 g/mol. The van der Waals surface area contributed by atoms with Gasteiger partial charge < -0.3 is 15.4 Å². The number of benzene rings is 1.